The summed E-state index contributed by atoms with van der Waals surface area (Å²) in [5, 5.41) is 2.99. The molecule has 0 unspecified atom stereocenters. The fourth-order valence-electron chi connectivity index (χ4n) is 1.99. The van der Waals surface area contributed by atoms with E-state index in [1.807, 2.05) is 25.1 Å². The largest absolute Gasteiger partial charge is 0.398 e. The summed E-state index contributed by atoms with van der Waals surface area (Å²) in [5.41, 5.74) is 7.57. The molecular weight excluding hydrogens is 268 g/mol. The maximum atomic E-state index is 12.1. The second-order valence-corrected chi connectivity index (χ2v) is 6.81. The van der Waals surface area contributed by atoms with Crippen LogP contribution in [0.15, 0.2) is 36.4 Å². The molecule has 0 bridgehead atoms. The molecule has 0 aliphatic heterocycles. The zero-order valence-corrected chi connectivity index (χ0v) is 12.9. The van der Waals surface area contributed by atoms with E-state index in [9.17, 15) is 4.79 Å². The fraction of sp³-hybridized carbons (Fsp3) is 0.312. The lowest BCUT2D eigenvalue weighted by Gasteiger charge is -2.25. The monoisotopic (exact) mass is 288 g/mol. The number of thiophene rings is 1. The minimum absolute atomic E-state index is 0.0567. The molecule has 4 heteroatoms. The summed E-state index contributed by atoms with van der Waals surface area (Å²) < 4.78 is 0. The number of aryl methyl sites for hydroxylation is 1. The molecule has 1 aromatic heterocycles. The SMILES string of the molecule is Cc1sc(C(=O)NCC(C)(C)c2ccccc2)cc1N. The fourth-order valence-corrected chi connectivity index (χ4v) is 2.85. The summed E-state index contributed by atoms with van der Waals surface area (Å²) in [6.07, 6.45) is 0. The van der Waals surface area contributed by atoms with Gasteiger partial charge in [0.1, 0.15) is 0 Å². The zero-order chi connectivity index (χ0) is 14.8. The van der Waals surface area contributed by atoms with E-state index in [0.29, 0.717) is 17.1 Å². The Balaban J connectivity index is 2.03. The van der Waals surface area contributed by atoms with Crippen molar-refractivity contribution in [3.8, 4) is 0 Å². The highest BCUT2D eigenvalue weighted by atomic mass is 32.1. The van der Waals surface area contributed by atoms with E-state index < -0.39 is 0 Å². The quantitative estimate of drug-likeness (QED) is 0.906. The van der Waals surface area contributed by atoms with Crippen LogP contribution in [0.25, 0.3) is 0 Å². The number of amides is 1. The molecule has 20 heavy (non-hydrogen) atoms. The Labute approximate surface area is 123 Å². The van der Waals surface area contributed by atoms with Crippen LogP contribution < -0.4 is 11.1 Å². The summed E-state index contributed by atoms with van der Waals surface area (Å²) in [5.74, 6) is -0.0567. The molecule has 0 atom stereocenters. The Morgan fingerprint density at radius 3 is 2.50 bits per heavy atom. The third kappa shape index (κ3) is 3.20. The third-order valence-electron chi connectivity index (χ3n) is 3.43. The average molecular weight is 288 g/mol. The predicted octanol–water partition coefficient (Wildman–Crippen LogP) is 3.35. The number of carbonyl (C=O) groups excluding carboxylic acids is 1. The number of rotatable bonds is 4. The van der Waals surface area contributed by atoms with Gasteiger partial charge in [-0.2, -0.15) is 0 Å². The highest BCUT2D eigenvalue weighted by Crippen LogP contribution is 2.24. The number of nitrogens with two attached hydrogens (primary N) is 1. The number of nitrogen functional groups attached to an aromatic ring is 1. The molecule has 3 N–H and O–H groups in total. The van der Waals surface area contributed by atoms with E-state index in [-0.39, 0.29) is 11.3 Å². The molecule has 1 amide bonds. The molecule has 0 spiro atoms. The van der Waals surface area contributed by atoms with Crippen LogP contribution >= 0.6 is 11.3 Å². The molecular formula is C16H20N2OS. The summed E-state index contributed by atoms with van der Waals surface area (Å²) in [6.45, 7) is 6.75. The maximum Gasteiger partial charge on any atom is 0.261 e. The summed E-state index contributed by atoms with van der Waals surface area (Å²) in [7, 11) is 0. The van der Waals surface area contributed by atoms with E-state index in [1.165, 1.54) is 16.9 Å². The molecule has 2 aromatic rings. The topological polar surface area (TPSA) is 55.1 Å². The molecule has 0 aliphatic rings. The number of carbonyl (C=O) groups is 1. The average Bonchev–Trinajstić information content (AvgIpc) is 2.77. The van der Waals surface area contributed by atoms with Gasteiger partial charge in [-0.05, 0) is 18.6 Å². The van der Waals surface area contributed by atoms with E-state index >= 15 is 0 Å². The van der Waals surface area contributed by atoms with Crippen LogP contribution in [0.4, 0.5) is 5.69 Å². The minimum Gasteiger partial charge on any atom is -0.398 e. The van der Waals surface area contributed by atoms with Gasteiger partial charge in [0.25, 0.3) is 5.91 Å². The van der Waals surface area contributed by atoms with Crippen LogP contribution in [0.5, 0.6) is 0 Å². The standard InChI is InChI=1S/C16H20N2OS/c1-11-13(17)9-14(20-11)15(19)18-10-16(2,3)12-7-5-4-6-8-12/h4-9H,10,17H2,1-3H3,(H,18,19). The van der Waals surface area contributed by atoms with Crippen LogP contribution in [0, 0.1) is 6.92 Å². The van der Waals surface area contributed by atoms with Gasteiger partial charge in [-0.25, -0.2) is 0 Å². The Kier molecular flexibility index (Phi) is 4.14. The lowest BCUT2D eigenvalue weighted by atomic mass is 9.84. The van der Waals surface area contributed by atoms with Crippen molar-refractivity contribution in [2.24, 2.45) is 0 Å². The first kappa shape index (κ1) is 14.6. The number of benzene rings is 1. The molecule has 2 rings (SSSR count). The van der Waals surface area contributed by atoms with Gasteiger partial charge >= 0.3 is 0 Å². The number of hydrogen-bond acceptors (Lipinski definition) is 3. The van der Waals surface area contributed by atoms with E-state index in [1.54, 1.807) is 6.07 Å². The first-order valence-corrected chi connectivity index (χ1v) is 7.41. The number of nitrogens with one attached hydrogen (secondary N) is 1. The molecule has 0 aliphatic carbocycles. The van der Waals surface area contributed by atoms with E-state index in [4.69, 9.17) is 5.73 Å². The van der Waals surface area contributed by atoms with Crippen molar-refractivity contribution in [3.05, 3.63) is 51.7 Å². The third-order valence-corrected chi connectivity index (χ3v) is 4.49. The molecule has 0 fully saturated rings. The number of anilines is 1. The van der Waals surface area contributed by atoms with E-state index in [2.05, 4.69) is 31.3 Å². The molecule has 1 heterocycles. The van der Waals surface area contributed by atoms with Crippen molar-refractivity contribution in [2.75, 3.05) is 12.3 Å². The lowest BCUT2D eigenvalue weighted by molar-refractivity contribution is 0.0950. The van der Waals surface area contributed by atoms with Gasteiger partial charge in [-0.1, -0.05) is 44.2 Å². The molecule has 0 saturated carbocycles. The molecule has 0 saturated heterocycles. The summed E-state index contributed by atoms with van der Waals surface area (Å²) >= 11 is 1.43. The van der Waals surface area contributed by atoms with Crippen molar-refractivity contribution in [2.45, 2.75) is 26.2 Å². The summed E-state index contributed by atoms with van der Waals surface area (Å²) in [6, 6.07) is 11.9. The Morgan fingerprint density at radius 1 is 1.30 bits per heavy atom. The maximum absolute atomic E-state index is 12.1. The van der Waals surface area contributed by atoms with Crippen LogP contribution in [0.2, 0.25) is 0 Å². The van der Waals surface area contributed by atoms with Crippen LogP contribution in [-0.4, -0.2) is 12.5 Å². The Bertz CT molecular complexity index is 583. The van der Waals surface area contributed by atoms with Gasteiger partial charge < -0.3 is 11.1 Å². The first-order chi connectivity index (χ1) is 9.40. The van der Waals surface area contributed by atoms with Crippen LogP contribution in [0.1, 0.15) is 34.0 Å². The molecule has 106 valence electrons. The van der Waals surface area contributed by atoms with Gasteiger partial charge in [0.05, 0.1) is 4.88 Å². The van der Waals surface area contributed by atoms with Gasteiger partial charge in [0, 0.05) is 22.5 Å². The van der Waals surface area contributed by atoms with Gasteiger partial charge in [-0.3, -0.25) is 4.79 Å². The van der Waals surface area contributed by atoms with Crippen molar-refractivity contribution < 1.29 is 4.79 Å². The van der Waals surface area contributed by atoms with Crippen molar-refractivity contribution in [1.29, 1.82) is 0 Å². The van der Waals surface area contributed by atoms with Gasteiger partial charge in [-0.15, -0.1) is 11.3 Å². The number of hydrogen-bond donors (Lipinski definition) is 2. The van der Waals surface area contributed by atoms with Crippen molar-refractivity contribution >= 4 is 22.9 Å². The molecule has 3 nitrogen and oxygen atoms in total. The Hall–Kier alpha value is -1.81. The molecule has 1 aromatic carbocycles. The van der Waals surface area contributed by atoms with E-state index in [0.717, 1.165) is 4.88 Å². The van der Waals surface area contributed by atoms with Gasteiger partial charge in [0.2, 0.25) is 0 Å². The normalized spacial score (nSPS) is 11.3. The van der Waals surface area contributed by atoms with Crippen molar-refractivity contribution in [1.82, 2.24) is 5.32 Å². The molecule has 0 radical (unpaired) electrons. The summed E-state index contributed by atoms with van der Waals surface area (Å²) in [4.78, 5) is 13.8. The van der Waals surface area contributed by atoms with Gasteiger partial charge in [0.15, 0.2) is 0 Å². The first-order valence-electron chi connectivity index (χ1n) is 6.60. The minimum atomic E-state index is -0.102. The Morgan fingerprint density at radius 2 is 1.95 bits per heavy atom. The predicted molar refractivity (Wildman–Crippen MR) is 85.3 cm³/mol. The van der Waals surface area contributed by atoms with Crippen molar-refractivity contribution in [3.63, 3.8) is 0 Å². The second kappa shape index (κ2) is 5.67. The highest BCUT2D eigenvalue weighted by Gasteiger charge is 2.22. The highest BCUT2D eigenvalue weighted by molar-refractivity contribution is 7.14. The second-order valence-electron chi connectivity index (χ2n) is 5.55. The lowest BCUT2D eigenvalue weighted by Crippen LogP contribution is -2.36. The van der Waals surface area contributed by atoms with Crippen LogP contribution in [-0.2, 0) is 5.41 Å². The smallest absolute Gasteiger partial charge is 0.261 e. The van der Waals surface area contributed by atoms with Crippen LogP contribution in [0.3, 0.4) is 0 Å². The zero-order valence-electron chi connectivity index (χ0n) is 12.1.